The Kier molecular flexibility index (Phi) is 5.22. The van der Waals surface area contributed by atoms with Crippen LogP contribution in [-0.4, -0.2) is 17.5 Å². The maximum atomic E-state index is 6.01. The number of halogens is 2. The van der Waals surface area contributed by atoms with Crippen molar-refractivity contribution in [3.05, 3.63) is 33.3 Å². The lowest BCUT2D eigenvalue weighted by Gasteiger charge is -2.13. The van der Waals surface area contributed by atoms with Gasteiger partial charge in [-0.25, -0.2) is 0 Å². The van der Waals surface area contributed by atoms with E-state index < -0.39 is 0 Å². The topological polar surface area (TPSA) is 12.0 Å². The first-order valence-corrected chi connectivity index (χ1v) is 8.35. The average molecular weight is 335 g/mol. The molecule has 0 bridgehead atoms. The summed E-state index contributed by atoms with van der Waals surface area (Å²) < 4.78 is 1.13. The molecular weight excluding hydrogens is 318 g/mol. The van der Waals surface area contributed by atoms with Gasteiger partial charge in [0.2, 0.25) is 0 Å². The first-order valence-electron chi connectivity index (χ1n) is 5.89. The van der Waals surface area contributed by atoms with Crippen molar-refractivity contribution >= 4 is 39.3 Å². The molecule has 0 saturated heterocycles. The van der Waals surface area contributed by atoms with E-state index >= 15 is 0 Å². The van der Waals surface area contributed by atoms with E-state index in [1.807, 2.05) is 30.0 Å². The molecule has 94 valence electrons. The Morgan fingerprint density at radius 1 is 1.47 bits per heavy atom. The molecule has 1 aromatic carbocycles. The zero-order chi connectivity index (χ0) is 12.3. The van der Waals surface area contributed by atoms with Crippen molar-refractivity contribution in [2.24, 2.45) is 0 Å². The zero-order valence-corrected chi connectivity index (χ0v) is 13.0. The van der Waals surface area contributed by atoms with Crippen molar-refractivity contribution in [2.75, 3.05) is 6.26 Å². The molecule has 1 aliphatic rings. The third kappa shape index (κ3) is 3.88. The van der Waals surface area contributed by atoms with E-state index in [0.717, 1.165) is 21.3 Å². The van der Waals surface area contributed by atoms with Crippen LogP contribution in [0.1, 0.15) is 24.8 Å². The number of thioether (sulfide) groups is 1. The summed E-state index contributed by atoms with van der Waals surface area (Å²) in [6.45, 7) is 0.896. The summed E-state index contributed by atoms with van der Waals surface area (Å²) in [5.41, 5.74) is 1.24. The van der Waals surface area contributed by atoms with E-state index in [2.05, 4.69) is 27.5 Å². The summed E-state index contributed by atoms with van der Waals surface area (Å²) in [6, 6.07) is 6.62. The van der Waals surface area contributed by atoms with Gasteiger partial charge in [-0.3, -0.25) is 0 Å². The van der Waals surface area contributed by atoms with E-state index in [-0.39, 0.29) is 0 Å². The Morgan fingerprint density at radius 3 is 3.00 bits per heavy atom. The summed E-state index contributed by atoms with van der Waals surface area (Å²) >= 11 is 11.6. The molecule has 0 spiro atoms. The molecule has 0 amide bonds. The molecule has 1 nitrogen and oxygen atoms in total. The van der Waals surface area contributed by atoms with E-state index in [1.54, 1.807) is 0 Å². The van der Waals surface area contributed by atoms with Crippen molar-refractivity contribution in [3.63, 3.8) is 0 Å². The molecule has 2 atom stereocenters. The van der Waals surface area contributed by atoms with Crippen molar-refractivity contribution in [3.8, 4) is 0 Å². The minimum absolute atomic E-state index is 0.665. The summed E-state index contributed by atoms with van der Waals surface area (Å²) in [4.78, 5) is 0. The van der Waals surface area contributed by atoms with E-state index in [4.69, 9.17) is 11.6 Å². The molecule has 0 heterocycles. The predicted octanol–water partition coefficient (Wildman–Crippen LogP) is 4.48. The van der Waals surface area contributed by atoms with Crippen molar-refractivity contribution in [1.29, 1.82) is 0 Å². The molecule has 1 aliphatic carbocycles. The smallest absolute Gasteiger partial charge is 0.0410 e. The van der Waals surface area contributed by atoms with Crippen molar-refractivity contribution < 1.29 is 0 Å². The number of rotatable bonds is 4. The maximum Gasteiger partial charge on any atom is 0.0410 e. The van der Waals surface area contributed by atoms with Crippen LogP contribution in [0, 0.1) is 0 Å². The standard InChI is InChI=1S/C13H17BrClNS/c1-17-12-4-3-11(7-12)16-8-9-6-10(15)2-5-13(9)14/h2,5-6,11-12,16H,3-4,7-8H2,1H3. The van der Waals surface area contributed by atoms with Crippen molar-refractivity contribution in [1.82, 2.24) is 5.32 Å². The lowest BCUT2D eigenvalue weighted by molar-refractivity contribution is 0.524. The molecule has 0 aromatic heterocycles. The highest BCUT2D eigenvalue weighted by molar-refractivity contribution is 9.10. The number of benzene rings is 1. The quantitative estimate of drug-likeness (QED) is 0.871. The van der Waals surface area contributed by atoms with Gasteiger partial charge in [0, 0.05) is 27.3 Å². The Labute approximate surface area is 121 Å². The minimum Gasteiger partial charge on any atom is -0.310 e. The van der Waals surface area contributed by atoms with Crippen LogP contribution in [0.2, 0.25) is 5.02 Å². The van der Waals surface area contributed by atoms with Crippen LogP contribution in [0.25, 0.3) is 0 Å². The highest BCUT2D eigenvalue weighted by atomic mass is 79.9. The fraction of sp³-hybridized carbons (Fsp3) is 0.538. The Bertz CT molecular complexity index is 386. The van der Waals surface area contributed by atoms with Crippen LogP contribution in [0.15, 0.2) is 22.7 Å². The Morgan fingerprint density at radius 2 is 2.29 bits per heavy atom. The summed E-state index contributed by atoms with van der Waals surface area (Å²) in [5, 5.41) is 5.28. The van der Waals surface area contributed by atoms with Gasteiger partial charge in [0.15, 0.2) is 0 Å². The van der Waals surface area contributed by atoms with Crippen LogP contribution >= 0.6 is 39.3 Å². The molecule has 2 unspecified atom stereocenters. The van der Waals surface area contributed by atoms with Gasteiger partial charge in [0.25, 0.3) is 0 Å². The van der Waals surface area contributed by atoms with Gasteiger partial charge in [-0.05, 0) is 49.3 Å². The van der Waals surface area contributed by atoms with Gasteiger partial charge in [-0.15, -0.1) is 0 Å². The predicted molar refractivity (Wildman–Crippen MR) is 80.9 cm³/mol. The second-order valence-electron chi connectivity index (χ2n) is 4.48. The van der Waals surface area contributed by atoms with Crippen molar-refractivity contribution in [2.45, 2.75) is 37.1 Å². The summed E-state index contributed by atoms with van der Waals surface area (Å²) in [5.74, 6) is 0. The Hall–Kier alpha value is 0.300. The van der Waals surface area contributed by atoms with Crippen LogP contribution in [-0.2, 0) is 6.54 Å². The SMILES string of the molecule is CSC1CCC(NCc2cc(Cl)ccc2Br)C1. The molecule has 2 rings (SSSR count). The molecule has 1 N–H and O–H groups in total. The number of hydrogen-bond donors (Lipinski definition) is 1. The lowest BCUT2D eigenvalue weighted by Crippen LogP contribution is -2.26. The third-order valence-electron chi connectivity index (χ3n) is 3.31. The zero-order valence-electron chi connectivity index (χ0n) is 9.88. The van der Waals surface area contributed by atoms with Gasteiger partial charge in [-0.2, -0.15) is 11.8 Å². The normalized spacial score (nSPS) is 24.2. The Balaban J connectivity index is 1.88. The monoisotopic (exact) mass is 333 g/mol. The van der Waals surface area contributed by atoms with Gasteiger partial charge >= 0.3 is 0 Å². The van der Waals surface area contributed by atoms with Crippen LogP contribution in [0.5, 0.6) is 0 Å². The second-order valence-corrected chi connectivity index (χ2v) is 6.91. The number of nitrogens with one attached hydrogen (secondary N) is 1. The third-order valence-corrected chi connectivity index (χ3v) is 5.41. The minimum atomic E-state index is 0.665. The molecule has 1 saturated carbocycles. The van der Waals surface area contributed by atoms with Gasteiger partial charge in [0.05, 0.1) is 0 Å². The largest absolute Gasteiger partial charge is 0.310 e. The molecule has 4 heteroatoms. The first-order chi connectivity index (χ1) is 8.19. The summed E-state index contributed by atoms with van der Waals surface area (Å²) in [6.07, 6.45) is 6.14. The lowest BCUT2D eigenvalue weighted by atomic mass is 10.2. The highest BCUT2D eigenvalue weighted by Gasteiger charge is 2.23. The molecule has 17 heavy (non-hydrogen) atoms. The molecular formula is C13H17BrClNS. The highest BCUT2D eigenvalue weighted by Crippen LogP contribution is 2.29. The molecule has 1 fully saturated rings. The van der Waals surface area contributed by atoms with Gasteiger partial charge in [0.1, 0.15) is 0 Å². The van der Waals surface area contributed by atoms with Gasteiger partial charge < -0.3 is 5.32 Å². The number of hydrogen-bond acceptors (Lipinski definition) is 2. The fourth-order valence-electron chi connectivity index (χ4n) is 2.27. The van der Waals surface area contributed by atoms with E-state index in [9.17, 15) is 0 Å². The fourth-order valence-corrected chi connectivity index (χ4v) is 3.65. The van der Waals surface area contributed by atoms with Crippen LogP contribution in [0.3, 0.4) is 0 Å². The molecule has 1 aromatic rings. The molecule has 0 aliphatic heterocycles. The van der Waals surface area contributed by atoms with E-state index in [1.165, 1.54) is 24.8 Å². The maximum absolute atomic E-state index is 6.01. The van der Waals surface area contributed by atoms with Gasteiger partial charge in [-0.1, -0.05) is 27.5 Å². The van der Waals surface area contributed by atoms with Crippen LogP contribution in [0.4, 0.5) is 0 Å². The van der Waals surface area contributed by atoms with Crippen LogP contribution < -0.4 is 5.32 Å². The second kappa shape index (κ2) is 6.46. The van der Waals surface area contributed by atoms with E-state index in [0.29, 0.717) is 6.04 Å². The summed E-state index contributed by atoms with van der Waals surface area (Å²) in [7, 11) is 0. The molecule has 0 radical (unpaired) electrons. The average Bonchev–Trinajstić information content (AvgIpc) is 2.78. The first kappa shape index (κ1) is 13.7.